The Bertz CT molecular complexity index is 346. The SMILES string of the molecule is CC(=O)C(Cl)CCC(=O)OOC(=O)CCC(Cl)C(C)=O. The van der Waals surface area contributed by atoms with Gasteiger partial charge in [-0.2, -0.15) is 0 Å². The summed E-state index contributed by atoms with van der Waals surface area (Å²) in [6.45, 7) is 2.61. The summed E-state index contributed by atoms with van der Waals surface area (Å²) >= 11 is 11.3. The van der Waals surface area contributed by atoms with E-state index < -0.39 is 22.7 Å². The quantitative estimate of drug-likeness (QED) is 0.385. The maximum Gasteiger partial charge on any atom is 0.355 e. The van der Waals surface area contributed by atoms with Gasteiger partial charge in [0.25, 0.3) is 0 Å². The lowest BCUT2D eigenvalue weighted by Gasteiger charge is -2.06. The van der Waals surface area contributed by atoms with E-state index in [1.54, 1.807) is 0 Å². The van der Waals surface area contributed by atoms with E-state index >= 15 is 0 Å². The molecule has 0 aromatic rings. The van der Waals surface area contributed by atoms with Crippen LogP contribution >= 0.6 is 23.2 Å². The smallest absolute Gasteiger partial charge is 0.298 e. The molecule has 0 fully saturated rings. The first kappa shape index (κ1) is 18.9. The molecule has 0 radical (unpaired) electrons. The van der Waals surface area contributed by atoms with Crippen LogP contribution in [0.4, 0.5) is 0 Å². The van der Waals surface area contributed by atoms with E-state index in [1.165, 1.54) is 13.8 Å². The first-order chi connectivity index (χ1) is 9.23. The molecule has 0 amide bonds. The van der Waals surface area contributed by atoms with Gasteiger partial charge in [-0.3, -0.25) is 9.59 Å². The van der Waals surface area contributed by atoms with Gasteiger partial charge < -0.3 is 0 Å². The van der Waals surface area contributed by atoms with Crippen molar-refractivity contribution in [2.45, 2.75) is 50.3 Å². The molecule has 0 heterocycles. The minimum atomic E-state index is -0.806. The van der Waals surface area contributed by atoms with Crippen molar-refractivity contribution in [2.24, 2.45) is 0 Å². The summed E-state index contributed by atoms with van der Waals surface area (Å²) in [7, 11) is 0. The second kappa shape index (κ2) is 9.72. The van der Waals surface area contributed by atoms with Gasteiger partial charge in [0.15, 0.2) is 0 Å². The first-order valence-corrected chi connectivity index (χ1v) is 6.80. The standard InChI is InChI=1S/C12H16Cl2O6/c1-7(15)9(13)3-5-11(17)19-20-12(18)6-4-10(14)8(2)16/h9-10H,3-6H2,1-2H3. The molecule has 0 aromatic heterocycles. The van der Waals surface area contributed by atoms with Crippen LogP contribution in [-0.4, -0.2) is 34.3 Å². The Kier molecular flexibility index (Phi) is 9.16. The number of hydrogen-bond donors (Lipinski definition) is 0. The molecule has 20 heavy (non-hydrogen) atoms. The molecule has 2 atom stereocenters. The number of rotatable bonds is 8. The lowest BCUT2D eigenvalue weighted by atomic mass is 10.2. The normalized spacial score (nSPS) is 13.2. The van der Waals surface area contributed by atoms with Crippen molar-refractivity contribution in [1.82, 2.24) is 0 Å². The fourth-order valence-corrected chi connectivity index (χ4v) is 1.29. The lowest BCUT2D eigenvalue weighted by Crippen LogP contribution is -2.17. The molecule has 0 aromatic carbocycles. The van der Waals surface area contributed by atoms with Crippen molar-refractivity contribution in [3.8, 4) is 0 Å². The third kappa shape index (κ3) is 8.87. The summed E-state index contributed by atoms with van der Waals surface area (Å²) in [5.41, 5.74) is 0. The van der Waals surface area contributed by atoms with Crippen molar-refractivity contribution >= 4 is 46.7 Å². The fraction of sp³-hybridized carbons (Fsp3) is 0.667. The van der Waals surface area contributed by atoms with Crippen LogP contribution in [0.3, 0.4) is 0 Å². The second-order valence-corrected chi connectivity index (χ2v) is 5.20. The molecular weight excluding hydrogens is 311 g/mol. The summed E-state index contributed by atoms with van der Waals surface area (Å²) in [5, 5.41) is -1.54. The highest BCUT2D eigenvalue weighted by Gasteiger charge is 2.17. The summed E-state index contributed by atoms with van der Waals surface area (Å²) in [5.74, 6) is -2.12. The number of carbonyl (C=O) groups excluding carboxylic acids is 4. The Morgan fingerprint density at radius 1 is 0.800 bits per heavy atom. The summed E-state index contributed by atoms with van der Waals surface area (Å²) in [4.78, 5) is 52.5. The van der Waals surface area contributed by atoms with Crippen molar-refractivity contribution in [3.63, 3.8) is 0 Å². The highest BCUT2D eigenvalue weighted by Crippen LogP contribution is 2.09. The molecule has 0 aliphatic carbocycles. The van der Waals surface area contributed by atoms with Gasteiger partial charge in [0, 0.05) is 0 Å². The Morgan fingerprint density at radius 3 is 1.35 bits per heavy atom. The minimum Gasteiger partial charge on any atom is -0.298 e. The van der Waals surface area contributed by atoms with Crippen LogP contribution in [-0.2, 0) is 29.0 Å². The molecule has 0 saturated carbocycles. The third-order valence-electron chi connectivity index (χ3n) is 2.31. The third-order valence-corrected chi connectivity index (χ3v) is 3.36. The van der Waals surface area contributed by atoms with E-state index in [9.17, 15) is 19.2 Å². The molecular formula is C12H16Cl2O6. The highest BCUT2D eigenvalue weighted by atomic mass is 35.5. The molecule has 114 valence electrons. The maximum atomic E-state index is 11.2. The van der Waals surface area contributed by atoms with Crippen molar-refractivity contribution in [1.29, 1.82) is 0 Å². The maximum absolute atomic E-state index is 11.2. The number of halogens is 2. The fourth-order valence-electron chi connectivity index (χ4n) is 1.07. The van der Waals surface area contributed by atoms with Gasteiger partial charge in [-0.25, -0.2) is 19.4 Å². The number of carbonyl (C=O) groups is 4. The summed E-state index contributed by atoms with van der Waals surface area (Å²) in [6.07, 6.45) is -0.0953. The zero-order valence-corrected chi connectivity index (χ0v) is 12.7. The Balaban J connectivity index is 3.81. The molecule has 0 aliphatic heterocycles. The molecule has 6 nitrogen and oxygen atoms in total. The number of hydrogen-bond acceptors (Lipinski definition) is 6. The van der Waals surface area contributed by atoms with E-state index in [-0.39, 0.29) is 37.2 Å². The zero-order chi connectivity index (χ0) is 15.7. The average molecular weight is 327 g/mol. The number of alkyl halides is 2. The van der Waals surface area contributed by atoms with Crippen molar-refractivity contribution < 1.29 is 29.0 Å². The molecule has 0 bridgehead atoms. The zero-order valence-electron chi connectivity index (χ0n) is 11.2. The van der Waals surface area contributed by atoms with Crippen LogP contribution in [0.15, 0.2) is 0 Å². The van der Waals surface area contributed by atoms with Gasteiger partial charge >= 0.3 is 11.9 Å². The van der Waals surface area contributed by atoms with Gasteiger partial charge in [-0.05, 0) is 26.7 Å². The van der Waals surface area contributed by atoms with Gasteiger partial charge in [0.2, 0.25) is 0 Å². The van der Waals surface area contributed by atoms with Gasteiger partial charge in [-0.15, -0.1) is 23.2 Å². The first-order valence-electron chi connectivity index (χ1n) is 5.93. The van der Waals surface area contributed by atoms with Gasteiger partial charge in [0.05, 0.1) is 23.6 Å². The van der Waals surface area contributed by atoms with Gasteiger partial charge in [-0.1, -0.05) is 0 Å². The number of ketones is 2. The highest BCUT2D eigenvalue weighted by molar-refractivity contribution is 6.31. The average Bonchev–Trinajstić information content (AvgIpc) is 2.39. The monoisotopic (exact) mass is 326 g/mol. The van der Waals surface area contributed by atoms with E-state index in [2.05, 4.69) is 9.78 Å². The second-order valence-electron chi connectivity index (χ2n) is 4.14. The molecule has 0 rings (SSSR count). The lowest BCUT2D eigenvalue weighted by molar-refractivity contribution is -0.259. The van der Waals surface area contributed by atoms with Crippen LogP contribution in [0.25, 0.3) is 0 Å². The van der Waals surface area contributed by atoms with Crippen molar-refractivity contribution in [2.75, 3.05) is 0 Å². The van der Waals surface area contributed by atoms with Crippen LogP contribution in [0.2, 0.25) is 0 Å². The van der Waals surface area contributed by atoms with Gasteiger partial charge in [0.1, 0.15) is 11.6 Å². The van der Waals surface area contributed by atoms with Crippen molar-refractivity contribution in [3.05, 3.63) is 0 Å². The van der Waals surface area contributed by atoms with E-state index in [4.69, 9.17) is 23.2 Å². The van der Waals surface area contributed by atoms with E-state index in [1.807, 2.05) is 0 Å². The largest absolute Gasteiger partial charge is 0.355 e. The molecule has 2 unspecified atom stereocenters. The van der Waals surface area contributed by atoms with Crippen LogP contribution in [0.1, 0.15) is 39.5 Å². The summed E-state index contributed by atoms with van der Waals surface area (Å²) < 4.78 is 0. The molecule has 0 N–H and O–H groups in total. The van der Waals surface area contributed by atoms with E-state index in [0.29, 0.717) is 0 Å². The van der Waals surface area contributed by atoms with Crippen LogP contribution in [0, 0.1) is 0 Å². The summed E-state index contributed by atoms with van der Waals surface area (Å²) in [6, 6.07) is 0. The molecule has 0 spiro atoms. The predicted molar refractivity (Wildman–Crippen MR) is 71.3 cm³/mol. The molecule has 0 aliphatic rings. The topological polar surface area (TPSA) is 86.7 Å². The van der Waals surface area contributed by atoms with E-state index in [0.717, 1.165) is 0 Å². The Morgan fingerprint density at radius 2 is 1.10 bits per heavy atom. The molecule has 8 heteroatoms. The minimum absolute atomic E-state index is 0.0986. The predicted octanol–water partition coefficient (Wildman–Crippen LogP) is 1.94. The Labute approximate surface area is 126 Å². The molecule has 0 saturated heterocycles. The van der Waals surface area contributed by atoms with Crippen LogP contribution < -0.4 is 0 Å². The van der Waals surface area contributed by atoms with Crippen LogP contribution in [0.5, 0.6) is 0 Å². The number of Topliss-reactive ketones (excluding diaryl/α,β-unsaturated/α-hetero) is 2. The Hall–Kier alpha value is -1.14.